The van der Waals surface area contributed by atoms with E-state index in [1.165, 1.54) is 4.70 Å². The van der Waals surface area contributed by atoms with Gasteiger partial charge < -0.3 is 14.4 Å². The van der Waals surface area contributed by atoms with Crippen LogP contribution in [0, 0.1) is 0 Å². The molecule has 0 aliphatic carbocycles. The second-order valence-electron chi connectivity index (χ2n) is 5.10. The zero-order chi connectivity index (χ0) is 12.7. The Morgan fingerprint density at radius 3 is 2.89 bits per heavy atom. The minimum Gasteiger partial charge on any atom is -0.346 e. The summed E-state index contributed by atoms with van der Waals surface area (Å²) in [4.78, 5) is 7.03. The number of piperidine rings is 1. The Labute approximate surface area is 116 Å². The molecule has 0 radical (unpaired) electrons. The smallest absolute Gasteiger partial charge is 0.186 e. The molecule has 1 aromatic carbocycles. The monoisotopic (exact) mass is 276 g/mol. The number of thiazole rings is 1. The lowest BCUT2D eigenvalue weighted by molar-refractivity contribution is -0.161. The van der Waals surface area contributed by atoms with Gasteiger partial charge in [0.25, 0.3) is 0 Å². The summed E-state index contributed by atoms with van der Waals surface area (Å²) in [5.41, 5.74) is 1.08. The van der Waals surface area contributed by atoms with Gasteiger partial charge in [0.15, 0.2) is 10.9 Å². The fraction of sp³-hybridized carbons (Fsp3) is 0.500. The van der Waals surface area contributed by atoms with Crippen molar-refractivity contribution >= 4 is 26.7 Å². The van der Waals surface area contributed by atoms with Gasteiger partial charge in [-0.25, -0.2) is 4.98 Å². The molecule has 1 spiro atoms. The van der Waals surface area contributed by atoms with Crippen molar-refractivity contribution in [3.8, 4) is 0 Å². The van der Waals surface area contributed by atoms with E-state index >= 15 is 0 Å². The lowest BCUT2D eigenvalue weighted by Crippen LogP contribution is -2.49. The van der Waals surface area contributed by atoms with Gasteiger partial charge >= 0.3 is 0 Å². The number of anilines is 1. The van der Waals surface area contributed by atoms with Crippen LogP contribution in [0.1, 0.15) is 12.8 Å². The number of hydrogen-bond acceptors (Lipinski definition) is 5. The molecular weight excluding hydrogens is 260 g/mol. The lowest BCUT2D eigenvalue weighted by atomic mass is 10.1. The number of para-hydroxylation sites is 1. The van der Waals surface area contributed by atoms with Gasteiger partial charge in [0.05, 0.1) is 30.0 Å². The van der Waals surface area contributed by atoms with E-state index in [2.05, 4.69) is 23.1 Å². The first kappa shape index (κ1) is 11.6. The van der Waals surface area contributed by atoms with Crippen molar-refractivity contribution in [2.24, 2.45) is 0 Å². The second kappa shape index (κ2) is 4.44. The van der Waals surface area contributed by atoms with Gasteiger partial charge in [-0.05, 0) is 18.6 Å². The minimum absolute atomic E-state index is 0.379. The molecule has 2 aromatic rings. The van der Waals surface area contributed by atoms with Gasteiger partial charge in [0.1, 0.15) is 0 Å². The van der Waals surface area contributed by atoms with Crippen LogP contribution < -0.4 is 4.90 Å². The molecule has 0 bridgehead atoms. The largest absolute Gasteiger partial charge is 0.346 e. The van der Waals surface area contributed by atoms with Crippen molar-refractivity contribution in [3.05, 3.63) is 24.3 Å². The zero-order valence-corrected chi connectivity index (χ0v) is 11.5. The highest BCUT2D eigenvalue weighted by Gasteiger charge is 2.41. The summed E-state index contributed by atoms with van der Waals surface area (Å²) < 4.78 is 12.9. The topological polar surface area (TPSA) is 34.6 Å². The molecule has 0 unspecified atom stereocenters. The maximum Gasteiger partial charge on any atom is 0.186 e. The molecule has 4 nitrogen and oxygen atoms in total. The van der Waals surface area contributed by atoms with Crippen LogP contribution in [0.25, 0.3) is 10.2 Å². The van der Waals surface area contributed by atoms with Crippen molar-refractivity contribution in [2.45, 2.75) is 18.6 Å². The first-order valence-corrected chi connectivity index (χ1v) is 7.55. The molecule has 5 heteroatoms. The van der Waals surface area contributed by atoms with Crippen molar-refractivity contribution in [2.75, 3.05) is 31.2 Å². The summed E-state index contributed by atoms with van der Waals surface area (Å²) in [5, 5.41) is 1.08. The van der Waals surface area contributed by atoms with E-state index in [1.54, 1.807) is 11.3 Å². The standard InChI is InChI=1S/C14H16N2O2S/c1-2-5-12-11(4-1)15-13(19-12)16-7-3-6-14(10-16)17-8-9-18-14/h1-2,4-5H,3,6-10H2. The third kappa shape index (κ3) is 2.02. The molecular formula is C14H16N2O2S. The molecule has 2 saturated heterocycles. The molecule has 3 heterocycles. The molecule has 2 fully saturated rings. The number of benzene rings is 1. The number of fused-ring (bicyclic) bond motifs is 1. The van der Waals surface area contributed by atoms with E-state index in [1.807, 2.05) is 6.07 Å². The van der Waals surface area contributed by atoms with Crippen LogP contribution in [-0.4, -0.2) is 37.1 Å². The minimum atomic E-state index is -0.379. The Balaban J connectivity index is 1.64. The van der Waals surface area contributed by atoms with E-state index in [0.29, 0.717) is 13.2 Å². The maximum absolute atomic E-state index is 5.82. The van der Waals surface area contributed by atoms with Crippen LogP contribution in [0.2, 0.25) is 0 Å². The van der Waals surface area contributed by atoms with Crippen molar-refractivity contribution in [1.29, 1.82) is 0 Å². The summed E-state index contributed by atoms with van der Waals surface area (Å²) in [6.07, 6.45) is 2.09. The number of hydrogen-bond donors (Lipinski definition) is 0. The van der Waals surface area contributed by atoms with Crippen molar-refractivity contribution in [3.63, 3.8) is 0 Å². The fourth-order valence-electron chi connectivity index (χ4n) is 2.88. The first-order chi connectivity index (χ1) is 9.35. The van der Waals surface area contributed by atoms with Gasteiger partial charge in [-0.1, -0.05) is 23.5 Å². The third-order valence-corrected chi connectivity index (χ3v) is 4.88. The summed E-state index contributed by atoms with van der Waals surface area (Å²) in [6, 6.07) is 8.29. The van der Waals surface area contributed by atoms with Gasteiger partial charge in [0.2, 0.25) is 0 Å². The SMILES string of the molecule is c1ccc2sc(N3CCCC4(C3)OCCO4)nc2c1. The molecule has 19 heavy (non-hydrogen) atoms. The van der Waals surface area contributed by atoms with Crippen molar-refractivity contribution in [1.82, 2.24) is 4.98 Å². The highest BCUT2D eigenvalue weighted by atomic mass is 32.1. The average molecular weight is 276 g/mol. The number of aromatic nitrogens is 1. The highest BCUT2D eigenvalue weighted by Crippen LogP contribution is 2.35. The number of ether oxygens (including phenoxy) is 2. The molecule has 2 aliphatic rings. The highest BCUT2D eigenvalue weighted by molar-refractivity contribution is 7.22. The Hall–Kier alpha value is -1.17. The van der Waals surface area contributed by atoms with Gasteiger partial charge in [-0.2, -0.15) is 0 Å². The lowest BCUT2D eigenvalue weighted by Gasteiger charge is -2.38. The molecule has 0 atom stereocenters. The van der Waals surface area contributed by atoms with Gasteiger partial charge in [0, 0.05) is 13.0 Å². The van der Waals surface area contributed by atoms with Crippen LogP contribution in [-0.2, 0) is 9.47 Å². The molecule has 1 aromatic heterocycles. The summed E-state index contributed by atoms with van der Waals surface area (Å²) >= 11 is 1.75. The summed E-state index contributed by atoms with van der Waals surface area (Å²) in [5.74, 6) is -0.379. The Kier molecular flexibility index (Phi) is 2.72. The normalized spacial score (nSPS) is 22.4. The van der Waals surface area contributed by atoms with E-state index < -0.39 is 0 Å². The zero-order valence-electron chi connectivity index (χ0n) is 10.7. The van der Waals surface area contributed by atoms with E-state index in [9.17, 15) is 0 Å². The first-order valence-electron chi connectivity index (χ1n) is 6.73. The van der Waals surface area contributed by atoms with Crippen LogP contribution in [0.15, 0.2) is 24.3 Å². The Bertz CT molecular complexity index is 559. The molecule has 0 N–H and O–H groups in total. The predicted octanol–water partition coefficient (Wildman–Crippen LogP) is 2.64. The predicted molar refractivity (Wildman–Crippen MR) is 75.7 cm³/mol. The summed E-state index contributed by atoms with van der Waals surface area (Å²) in [7, 11) is 0. The molecule has 100 valence electrons. The van der Waals surface area contributed by atoms with Crippen molar-refractivity contribution < 1.29 is 9.47 Å². The van der Waals surface area contributed by atoms with E-state index in [0.717, 1.165) is 36.6 Å². The average Bonchev–Trinajstić information content (AvgIpc) is 3.05. The fourth-order valence-corrected chi connectivity index (χ4v) is 3.87. The number of rotatable bonds is 1. The second-order valence-corrected chi connectivity index (χ2v) is 6.11. The van der Waals surface area contributed by atoms with Crippen LogP contribution in [0.3, 0.4) is 0 Å². The molecule has 4 rings (SSSR count). The van der Waals surface area contributed by atoms with Crippen LogP contribution >= 0.6 is 11.3 Å². The van der Waals surface area contributed by atoms with Gasteiger partial charge in [-0.3, -0.25) is 0 Å². The molecule has 2 aliphatic heterocycles. The van der Waals surface area contributed by atoms with Gasteiger partial charge in [-0.15, -0.1) is 0 Å². The van der Waals surface area contributed by atoms with E-state index in [-0.39, 0.29) is 5.79 Å². The molecule has 0 saturated carbocycles. The van der Waals surface area contributed by atoms with Crippen LogP contribution in [0.4, 0.5) is 5.13 Å². The number of nitrogens with zero attached hydrogens (tertiary/aromatic N) is 2. The Morgan fingerprint density at radius 2 is 2.05 bits per heavy atom. The quantitative estimate of drug-likeness (QED) is 0.802. The Morgan fingerprint density at radius 1 is 1.21 bits per heavy atom. The van der Waals surface area contributed by atoms with Crippen LogP contribution in [0.5, 0.6) is 0 Å². The molecule has 0 amide bonds. The summed E-state index contributed by atoms with van der Waals surface area (Å²) in [6.45, 7) is 3.27. The van der Waals surface area contributed by atoms with E-state index in [4.69, 9.17) is 14.5 Å². The maximum atomic E-state index is 5.82. The third-order valence-electron chi connectivity index (χ3n) is 3.78.